The lowest BCUT2D eigenvalue weighted by atomic mass is 10.2. The highest BCUT2D eigenvalue weighted by atomic mass is 79.9. The zero-order valence-electron chi connectivity index (χ0n) is 10.8. The molecule has 2 rings (SSSR count). The largest absolute Gasteiger partial charge is 0.465 e. The first-order valence-corrected chi connectivity index (χ1v) is 6.52. The van der Waals surface area contributed by atoms with E-state index in [9.17, 15) is 13.6 Å². The molecule has 4 nitrogen and oxygen atoms in total. The second kappa shape index (κ2) is 6.09. The number of anilines is 1. The summed E-state index contributed by atoms with van der Waals surface area (Å²) in [7, 11) is 1.24. The average molecular weight is 358 g/mol. The Morgan fingerprint density at radius 1 is 1.19 bits per heavy atom. The number of esters is 1. The van der Waals surface area contributed by atoms with E-state index in [-0.39, 0.29) is 22.7 Å². The second-order valence-corrected chi connectivity index (χ2v) is 4.96. The minimum atomic E-state index is -1.13. The molecule has 2 aromatic rings. The SMILES string of the molecule is COC(=O)c1ccc(Oc2cc(Br)cc(F)c2F)c(N)c1. The number of halogens is 3. The van der Waals surface area contributed by atoms with E-state index < -0.39 is 17.6 Å². The Morgan fingerprint density at radius 2 is 1.90 bits per heavy atom. The van der Waals surface area contributed by atoms with Gasteiger partial charge in [0.25, 0.3) is 0 Å². The van der Waals surface area contributed by atoms with E-state index in [0.29, 0.717) is 4.47 Å². The maximum Gasteiger partial charge on any atom is 0.337 e. The number of nitrogens with two attached hydrogens (primary N) is 1. The Kier molecular flexibility index (Phi) is 4.42. The highest BCUT2D eigenvalue weighted by molar-refractivity contribution is 9.10. The van der Waals surface area contributed by atoms with Gasteiger partial charge in [0.1, 0.15) is 0 Å². The average Bonchev–Trinajstić information content (AvgIpc) is 2.45. The lowest BCUT2D eigenvalue weighted by molar-refractivity contribution is 0.0601. The predicted molar refractivity (Wildman–Crippen MR) is 76.3 cm³/mol. The second-order valence-electron chi connectivity index (χ2n) is 4.05. The molecule has 0 bridgehead atoms. The van der Waals surface area contributed by atoms with Gasteiger partial charge in [-0.25, -0.2) is 9.18 Å². The van der Waals surface area contributed by atoms with Gasteiger partial charge in [-0.2, -0.15) is 4.39 Å². The number of benzene rings is 2. The van der Waals surface area contributed by atoms with Crippen LogP contribution < -0.4 is 10.5 Å². The third-order valence-corrected chi connectivity index (χ3v) is 3.07. The van der Waals surface area contributed by atoms with E-state index in [4.69, 9.17) is 10.5 Å². The van der Waals surface area contributed by atoms with E-state index in [1.54, 1.807) is 0 Å². The predicted octanol–water partition coefficient (Wildman–Crippen LogP) is 3.89. The van der Waals surface area contributed by atoms with Crippen molar-refractivity contribution in [2.45, 2.75) is 0 Å². The number of carbonyl (C=O) groups excluding carboxylic acids is 1. The topological polar surface area (TPSA) is 61.5 Å². The van der Waals surface area contributed by atoms with Crippen LogP contribution in [-0.4, -0.2) is 13.1 Å². The Bertz CT molecular complexity index is 707. The zero-order valence-corrected chi connectivity index (χ0v) is 12.4. The van der Waals surface area contributed by atoms with Gasteiger partial charge in [0.05, 0.1) is 18.4 Å². The van der Waals surface area contributed by atoms with Crippen molar-refractivity contribution in [1.29, 1.82) is 0 Å². The van der Waals surface area contributed by atoms with E-state index in [1.165, 1.54) is 31.4 Å². The maximum absolute atomic E-state index is 13.6. The van der Waals surface area contributed by atoms with Crippen molar-refractivity contribution < 1.29 is 23.0 Å². The minimum absolute atomic E-state index is 0.0951. The molecular weight excluding hydrogens is 348 g/mol. The van der Waals surface area contributed by atoms with Crippen molar-refractivity contribution in [1.82, 2.24) is 0 Å². The molecule has 0 aliphatic heterocycles. The number of hydrogen-bond acceptors (Lipinski definition) is 4. The van der Waals surface area contributed by atoms with Gasteiger partial charge in [0.15, 0.2) is 17.3 Å². The molecule has 2 aromatic carbocycles. The molecule has 110 valence electrons. The smallest absolute Gasteiger partial charge is 0.337 e. The standard InChI is InChI=1S/C14H10BrF2NO3/c1-20-14(19)7-2-3-11(10(18)4-7)21-12-6-8(15)5-9(16)13(12)17/h2-6H,18H2,1H3. The van der Waals surface area contributed by atoms with Gasteiger partial charge in [-0.15, -0.1) is 0 Å². The normalized spacial score (nSPS) is 10.3. The van der Waals surface area contributed by atoms with Crippen LogP contribution in [0, 0.1) is 11.6 Å². The van der Waals surface area contributed by atoms with Crippen molar-refractivity contribution >= 4 is 27.6 Å². The van der Waals surface area contributed by atoms with Gasteiger partial charge in [0.2, 0.25) is 5.82 Å². The molecule has 2 N–H and O–H groups in total. The summed E-state index contributed by atoms with van der Waals surface area (Å²) in [5.74, 6) is -2.97. The summed E-state index contributed by atoms with van der Waals surface area (Å²) >= 11 is 3.04. The molecule has 0 saturated heterocycles. The summed E-state index contributed by atoms with van der Waals surface area (Å²) < 4.78 is 37.0. The fourth-order valence-corrected chi connectivity index (χ4v) is 2.02. The molecule has 0 atom stereocenters. The van der Waals surface area contributed by atoms with Crippen LogP contribution in [0.2, 0.25) is 0 Å². The van der Waals surface area contributed by atoms with E-state index in [0.717, 1.165) is 6.07 Å². The van der Waals surface area contributed by atoms with Gasteiger partial charge in [-0.1, -0.05) is 15.9 Å². The van der Waals surface area contributed by atoms with Crippen molar-refractivity contribution in [3.63, 3.8) is 0 Å². The Balaban J connectivity index is 2.35. The molecule has 0 unspecified atom stereocenters. The monoisotopic (exact) mass is 357 g/mol. The van der Waals surface area contributed by atoms with Crippen LogP contribution in [0.3, 0.4) is 0 Å². The van der Waals surface area contributed by atoms with Crippen LogP contribution in [0.5, 0.6) is 11.5 Å². The van der Waals surface area contributed by atoms with Crippen molar-refractivity contribution in [2.75, 3.05) is 12.8 Å². The third-order valence-electron chi connectivity index (χ3n) is 2.61. The van der Waals surface area contributed by atoms with E-state index in [1.807, 2.05) is 0 Å². The molecular formula is C14H10BrF2NO3. The Morgan fingerprint density at radius 3 is 2.52 bits per heavy atom. The molecule has 0 radical (unpaired) electrons. The molecule has 21 heavy (non-hydrogen) atoms. The summed E-state index contributed by atoms with van der Waals surface area (Å²) in [6.45, 7) is 0. The lowest BCUT2D eigenvalue weighted by Crippen LogP contribution is -2.03. The third kappa shape index (κ3) is 3.30. The van der Waals surface area contributed by atoms with Crippen LogP contribution in [0.1, 0.15) is 10.4 Å². The van der Waals surface area contributed by atoms with Crippen LogP contribution in [0.15, 0.2) is 34.8 Å². The molecule has 0 aliphatic rings. The first kappa shape index (κ1) is 15.2. The molecule has 0 heterocycles. The molecule has 7 heteroatoms. The summed E-state index contributed by atoms with van der Waals surface area (Å²) in [4.78, 5) is 11.3. The molecule has 0 aromatic heterocycles. The number of nitrogen functional groups attached to an aromatic ring is 1. The number of rotatable bonds is 3. The first-order valence-electron chi connectivity index (χ1n) is 5.72. The maximum atomic E-state index is 13.6. The fourth-order valence-electron chi connectivity index (χ4n) is 1.61. The van der Waals surface area contributed by atoms with Gasteiger partial charge in [0, 0.05) is 4.47 Å². The fraction of sp³-hybridized carbons (Fsp3) is 0.0714. The number of methoxy groups -OCH3 is 1. The van der Waals surface area contributed by atoms with Crippen LogP contribution in [0.4, 0.5) is 14.5 Å². The van der Waals surface area contributed by atoms with Crippen LogP contribution in [-0.2, 0) is 4.74 Å². The number of ether oxygens (including phenoxy) is 2. The van der Waals surface area contributed by atoms with E-state index in [2.05, 4.69) is 20.7 Å². The lowest BCUT2D eigenvalue weighted by Gasteiger charge is -2.11. The molecule has 0 aliphatic carbocycles. The van der Waals surface area contributed by atoms with Crippen LogP contribution >= 0.6 is 15.9 Å². The summed E-state index contributed by atoms with van der Waals surface area (Å²) in [6.07, 6.45) is 0. The summed E-state index contributed by atoms with van der Waals surface area (Å²) in [6, 6.07) is 6.36. The van der Waals surface area contributed by atoms with Gasteiger partial charge >= 0.3 is 5.97 Å². The minimum Gasteiger partial charge on any atom is -0.465 e. The Labute approximate surface area is 127 Å². The summed E-state index contributed by atoms with van der Waals surface area (Å²) in [5, 5.41) is 0. The molecule has 0 saturated carbocycles. The van der Waals surface area contributed by atoms with Crippen molar-refractivity contribution in [3.05, 3.63) is 52.0 Å². The van der Waals surface area contributed by atoms with Crippen molar-refractivity contribution in [2.24, 2.45) is 0 Å². The Hall–Kier alpha value is -2.15. The number of carbonyl (C=O) groups is 1. The highest BCUT2D eigenvalue weighted by Gasteiger charge is 2.15. The van der Waals surface area contributed by atoms with Gasteiger partial charge < -0.3 is 15.2 Å². The molecule has 0 amide bonds. The zero-order chi connectivity index (χ0) is 15.6. The van der Waals surface area contributed by atoms with Crippen LogP contribution in [0.25, 0.3) is 0 Å². The van der Waals surface area contributed by atoms with Gasteiger partial charge in [-0.05, 0) is 30.3 Å². The highest BCUT2D eigenvalue weighted by Crippen LogP contribution is 2.33. The number of hydrogen-bond donors (Lipinski definition) is 1. The summed E-state index contributed by atoms with van der Waals surface area (Å²) in [5.41, 5.74) is 6.05. The molecule has 0 fully saturated rings. The first-order chi connectivity index (χ1) is 9.92. The van der Waals surface area contributed by atoms with Crippen molar-refractivity contribution in [3.8, 4) is 11.5 Å². The van der Waals surface area contributed by atoms with E-state index >= 15 is 0 Å². The quantitative estimate of drug-likeness (QED) is 0.514. The van der Waals surface area contributed by atoms with Gasteiger partial charge in [-0.3, -0.25) is 0 Å². The molecule has 0 spiro atoms.